The molecule has 0 bridgehead atoms. The van der Waals surface area contributed by atoms with Gasteiger partial charge in [0, 0.05) is 32.2 Å². The highest BCUT2D eigenvalue weighted by Crippen LogP contribution is 2.30. The van der Waals surface area contributed by atoms with E-state index in [1.54, 1.807) is 29.2 Å². The number of aryl methyl sites for hydroxylation is 1. The average molecular weight is 479 g/mol. The van der Waals surface area contributed by atoms with Crippen LogP contribution in [0.2, 0.25) is 0 Å². The predicted molar refractivity (Wildman–Crippen MR) is 133 cm³/mol. The second-order valence-electron chi connectivity index (χ2n) is 9.42. The molecule has 3 amide bonds. The Hall–Kier alpha value is -3.39. The molecule has 0 radical (unpaired) electrons. The molecule has 1 aliphatic carbocycles. The minimum atomic E-state index is -0.848. The van der Waals surface area contributed by atoms with Crippen molar-refractivity contribution in [2.75, 3.05) is 26.2 Å². The molecule has 3 atom stereocenters. The number of piperazine rings is 1. The summed E-state index contributed by atoms with van der Waals surface area (Å²) in [5.74, 6) is -0.393. The first kappa shape index (κ1) is 24.7. The van der Waals surface area contributed by atoms with E-state index in [9.17, 15) is 14.4 Å². The predicted octanol–water partition coefficient (Wildman–Crippen LogP) is 3.01. The highest BCUT2D eigenvalue weighted by atomic mass is 16.6. The fraction of sp³-hybridized carbons (Fsp3) is 0.444. The van der Waals surface area contributed by atoms with E-state index in [4.69, 9.17) is 10.5 Å². The van der Waals surface area contributed by atoms with Gasteiger partial charge in [0.15, 0.2) is 0 Å². The summed E-state index contributed by atoms with van der Waals surface area (Å²) >= 11 is 0. The van der Waals surface area contributed by atoms with Crippen LogP contribution in [0.25, 0.3) is 0 Å². The van der Waals surface area contributed by atoms with Crippen LogP contribution in [0.15, 0.2) is 54.6 Å². The lowest BCUT2D eigenvalue weighted by Crippen LogP contribution is -2.57. The molecule has 2 aromatic carbocycles. The lowest BCUT2D eigenvalue weighted by Gasteiger charge is -2.43. The van der Waals surface area contributed by atoms with Gasteiger partial charge in [0.25, 0.3) is 0 Å². The maximum atomic E-state index is 13.3. The number of carbonyl (C=O) groups is 3. The zero-order valence-corrected chi connectivity index (χ0v) is 20.2. The zero-order chi connectivity index (χ0) is 24.8. The first-order chi connectivity index (χ1) is 16.9. The number of primary amides is 1. The van der Waals surface area contributed by atoms with Crippen molar-refractivity contribution < 1.29 is 19.1 Å². The molecule has 8 heteroatoms. The number of rotatable bonds is 6. The number of nitrogens with two attached hydrogens (primary N) is 1. The molecule has 2 fully saturated rings. The van der Waals surface area contributed by atoms with Crippen molar-refractivity contribution in [3.8, 4) is 5.75 Å². The third-order valence-corrected chi connectivity index (χ3v) is 7.04. The molecule has 1 heterocycles. The molecule has 0 spiro atoms. The van der Waals surface area contributed by atoms with Gasteiger partial charge in [0.2, 0.25) is 11.8 Å². The third-order valence-electron chi connectivity index (χ3n) is 7.04. The van der Waals surface area contributed by atoms with E-state index in [1.165, 1.54) is 0 Å². The maximum absolute atomic E-state index is 13.3. The summed E-state index contributed by atoms with van der Waals surface area (Å²) < 4.78 is 5.52. The zero-order valence-electron chi connectivity index (χ0n) is 20.2. The lowest BCUT2D eigenvalue weighted by atomic mass is 9.82. The molecular weight excluding hydrogens is 444 g/mol. The van der Waals surface area contributed by atoms with Crippen molar-refractivity contribution in [1.82, 2.24) is 15.1 Å². The van der Waals surface area contributed by atoms with Gasteiger partial charge in [-0.2, -0.15) is 0 Å². The van der Waals surface area contributed by atoms with Gasteiger partial charge in [-0.05, 0) is 37.5 Å². The molecule has 0 aromatic heterocycles. The number of amides is 3. The average Bonchev–Trinajstić information content (AvgIpc) is 2.89. The van der Waals surface area contributed by atoms with E-state index in [2.05, 4.69) is 10.2 Å². The molecule has 0 unspecified atom stereocenters. The van der Waals surface area contributed by atoms with Crippen LogP contribution in [0.3, 0.4) is 0 Å². The van der Waals surface area contributed by atoms with E-state index in [0.717, 1.165) is 31.2 Å². The number of hydrogen-bond acceptors (Lipinski definition) is 5. The summed E-state index contributed by atoms with van der Waals surface area (Å²) in [7, 11) is 0. The largest absolute Gasteiger partial charge is 0.415 e. The van der Waals surface area contributed by atoms with Gasteiger partial charge >= 0.3 is 6.09 Å². The van der Waals surface area contributed by atoms with Crippen molar-refractivity contribution in [1.29, 1.82) is 0 Å². The van der Waals surface area contributed by atoms with E-state index in [-0.39, 0.29) is 24.0 Å². The second-order valence-corrected chi connectivity index (χ2v) is 9.42. The monoisotopic (exact) mass is 478 g/mol. The fourth-order valence-electron chi connectivity index (χ4n) is 5.08. The maximum Gasteiger partial charge on any atom is 0.415 e. The Labute approximate surface area is 206 Å². The Kier molecular flexibility index (Phi) is 8.02. The van der Waals surface area contributed by atoms with Crippen LogP contribution in [-0.2, 0) is 9.59 Å². The Balaban J connectivity index is 1.35. The van der Waals surface area contributed by atoms with Crippen LogP contribution in [0, 0.1) is 12.8 Å². The van der Waals surface area contributed by atoms with Gasteiger partial charge in [-0.25, -0.2) is 4.79 Å². The third kappa shape index (κ3) is 6.19. The van der Waals surface area contributed by atoms with Crippen LogP contribution in [0.1, 0.15) is 42.9 Å². The smallest absolute Gasteiger partial charge is 0.410 e. The Morgan fingerprint density at radius 2 is 1.60 bits per heavy atom. The topological polar surface area (TPSA) is 105 Å². The number of nitrogens with one attached hydrogen (secondary N) is 1. The Bertz CT molecular complexity index is 1020. The molecule has 8 nitrogen and oxygen atoms in total. The SMILES string of the molecule is Cc1ccc(OC(=O)N2CCN([C@@H]3CCCC[C@H]3C(=O)N[C@H](C(N)=O)c3ccccc3)CC2)cc1. The number of carbonyl (C=O) groups excluding carboxylic acids is 3. The van der Waals surface area contributed by atoms with Gasteiger partial charge in [0.1, 0.15) is 11.8 Å². The molecule has 3 N–H and O–H groups in total. The molecule has 2 aromatic rings. The van der Waals surface area contributed by atoms with Crippen LogP contribution >= 0.6 is 0 Å². The van der Waals surface area contributed by atoms with Crippen LogP contribution in [0.4, 0.5) is 4.79 Å². The van der Waals surface area contributed by atoms with Crippen LogP contribution in [-0.4, -0.2) is 59.9 Å². The molecule has 1 saturated carbocycles. The van der Waals surface area contributed by atoms with Gasteiger partial charge in [-0.15, -0.1) is 0 Å². The minimum absolute atomic E-state index is 0.0725. The molecule has 1 saturated heterocycles. The lowest BCUT2D eigenvalue weighted by molar-refractivity contribution is -0.133. The highest BCUT2D eigenvalue weighted by molar-refractivity contribution is 5.88. The molecule has 186 valence electrons. The molecule has 2 aliphatic rings. The number of ether oxygens (including phenoxy) is 1. The van der Waals surface area contributed by atoms with E-state index in [1.807, 2.05) is 37.3 Å². The summed E-state index contributed by atoms with van der Waals surface area (Å²) in [5, 5.41) is 2.91. The first-order valence-corrected chi connectivity index (χ1v) is 12.3. The molecule has 1 aliphatic heterocycles. The van der Waals surface area contributed by atoms with Crippen molar-refractivity contribution in [2.45, 2.75) is 44.7 Å². The summed E-state index contributed by atoms with van der Waals surface area (Å²) in [5.41, 5.74) is 7.41. The normalized spacial score (nSPS) is 21.7. The van der Waals surface area contributed by atoms with Crippen LogP contribution < -0.4 is 15.8 Å². The van der Waals surface area contributed by atoms with Crippen molar-refractivity contribution >= 4 is 17.9 Å². The van der Waals surface area contributed by atoms with Gasteiger partial charge in [-0.1, -0.05) is 60.9 Å². The molecule has 4 rings (SSSR count). The number of nitrogens with zero attached hydrogens (tertiary/aromatic N) is 2. The summed E-state index contributed by atoms with van der Waals surface area (Å²) in [4.78, 5) is 42.0. The number of hydrogen-bond donors (Lipinski definition) is 2. The van der Waals surface area contributed by atoms with Crippen molar-refractivity contribution in [3.05, 3.63) is 65.7 Å². The minimum Gasteiger partial charge on any atom is -0.410 e. The van der Waals surface area contributed by atoms with Gasteiger partial charge < -0.3 is 20.7 Å². The van der Waals surface area contributed by atoms with Crippen molar-refractivity contribution in [2.24, 2.45) is 11.7 Å². The summed E-state index contributed by atoms with van der Waals surface area (Å²) in [6.45, 7) is 4.43. The van der Waals surface area contributed by atoms with Crippen molar-refractivity contribution in [3.63, 3.8) is 0 Å². The van der Waals surface area contributed by atoms with Gasteiger partial charge in [-0.3, -0.25) is 14.5 Å². The molecular formula is C27H34N4O4. The van der Waals surface area contributed by atoms with Gasteiger partial charge in [0.05, 0.1) is 5.92 Å². The summed E-state index contributed by atoms with van der Waals surface area (Å²) in [6, 6.07) is 15.7. The molecule has 35 heavy (non-hydrogen) atoms. The Morgan fingerprint density at radius 3 is 2.26 bits per heavy atom. The highest BCUT2D eigenvalue weighted by Gasteiger charge is 2.38. The van der Waals surface area contributed by atoms with E-state index < -0.39 is 11.9 Å². The number of benzene rings is 2. The van der Waals surface area contributed by atoms with Crippen LogP contribution in [0.5, 0.6) is 5.75 Å². The quantitative estimate of drug-likeness (QED) is 0.664. The summed E-state index contributed by atoms with van der Waals surface area (Å²) in [6.07, 6.45) is 3.37. The second kappa shape index (κ2) is 11.4. The Morgan fingerprint density at radius 1 is 0.943 bits per heavy atom. The first-order valence-electron chi connectivity index (χ1n) is 12.3. The van der Waals surface area contributed by atoms with E-state index >= 15 is 0 Å². The van der Waals surface area contributed by atoms with E-state index in [0.29, 0.717) is 37.5 Å². The fourth-order valence-corrected chi connectivity index (χ4v) is 5.08. The standard InChI is InChI=1S/C27H34N4O4/c1-19-11-13-21(14-12-19)35-27(34)31-17-15-30(16-18-31)23-10-6-5-9-22(23)26(33)29-24(25(28)32)20-7-3-2-4-8-20/h2-4,7-8,11-14,22-24H,5-6,9-10,15-18H2,1H3,(H2,28,32)(H,29,33)/t22-,23-,24+/m1/s1.